The summed E-state index contributed by atoms with van der Waals surface area (Å²) in [4.78, 5) is 18.6. The number of anilines is 2. The number of nitrogen functional groups attached to an aromatic ring is 1. The molecule has 8 nitrogen and oxygen atoms in total. The number of hydrogen-bond acceptors (Lipinski definition) is 8. The predicted molar refractivity (Wildman–Crippen MR) is 129 cm³/mol. The van der Waals surface area contributed by atoms with Crippen LogP contribution in [0.2, 0.25) is 0 Å². The standard InChI is InChI=1S/C22H27F2N5O3S2/c1-3-10-28(2)11-5-14-34(31,32)29-12-8-15(9-13-29)26-22-27-21(25)20(33-22)19(30)18-16(23)6-4-7-17(18)24/h1,4,6-7,15H,5,8-14,25H2,2H3,(H,26,27). The molecular weight excluding hydrogens is 484 g/mol. The number of nitrogens with zero attached hydrogens (tertiary/aromatic N) is 3. The summed E-state index contributed by atoms with van der Waals surface area (Å²) in [7, 11) is -1.52. The minimum absolute atomic E-state index is 0.0543. The number of carbonyl (C=O) groups excluding carboxylic acids is 1. The van der Waals surface area contributed by atoms with E-state index >= 15 is 0 Å². The van der Waals surface area contributed by atoms with Gasteiger partial charge >= 0.3 is 0 Å². The van der Waals surface area contributed by atoms with E-state index in [0.29, 0.717) is 50.6 Å². The molecule has 3 rings (SSSR count). The lowest BCUT2D eigenvalue weighted by Gasteiger charge is -2.31. The number of terminal acetylenes is 1. The van der Waals surface area contributed by atoms with Crippen molar-refractivity contribution in [2.75, 3.05) is 50.0 Å². The molecule has 1 aromatic heterocycles. The van der Waals surface area contributed by atoms with Crippen LogP contribution in [0.5, 0.6) is 0 Å². The van der Waals surface area contributed by atoms with Crippen molar-refractivity contribution in [3.63, 3.8) is 0 Å². The molecule has 0 unspecified atom stereocenters. The Bertz CT molecular complexity index is 1150. The van der Waals surface area contributed by atoms with Gasteiger partial charge in [-0.3, -0.25) is 9.69 Å². The number of hydrogen-bond donors (Lipinski definition) is 2. The van der Waals surface area contributed by atoms with Crippen LogP contribution < -0.4 is 11.1 Å². The van der Waals surface area contributed by atoms with Crippen molar-refractivity contribution in [2.45, 2.75) is 25.3 Å². The Morgan fingerprint density at radius 2 is 2.00 bits per heavy atom. The maximum Gasteiger partial charge on any atom is 0.214 e. The summed E-state index contributed by atoms with van der Waals surface area (Å²) in [5.74, 6) is -0.343. The number of benzene rings is 1. The van der Waals surface area contributed by atoms with Crippen molar-refractivity contribution >= 4 is 38.1 Å². The van der Waals surface area contributed by atoms with E-state index in [9.17, 15) is 22.0 Å². The van der Waals surface area contributed by atoms with Gasteiger partial charge in [0, 0.05) is 19.1 Å². The molecule has 0 bridgehead atoms. The zero-order chi connectivity index (χ0) is 24.9. The van der Waals surface area contributed by atoms with E-state index < -0.39 is 33.0 Å². The minimum Gasteiger partial charge on any atom is -0.382 e. The Labute approximate surface area is 202 Å². The molecule has 0 atom stereocenters. The Hall–Kier alpha value is -2.59. The van der Waals surface area contributed by atoms with Crippen LogP contribution in [0.25, 0.3) is 0 Å². The Morgan fingerprint density at radius 1 is 1.35 bits per heavy atom. The fourth-order valence-electron chi connectivity index (χ4n) is 3.72. The molecule has 0 radical (unpaired) electrons. The monoisotopic (exact) mass is 511 g/mol. The average Bonchev–Trinajstić information content (AvgIpc) is 3.14. The van der Waals surface area contributed by atoms with Gasteiger partial charge in [-0.1, -0.05) is 23.3 Å². The number of ketones is 1. The number of halogens is 2. The first-order valence-electron chi connectivity index (χ1n) is 10.7. The molecule has 0 saturated carbocycles. The summed E-state index contributed by atoms with van der Waals surface area (Å²) in [6.45, 7) is 1.78. The van der Waals surface area contributed by atoms with Gasteiger partial charge in [0.1, 0.15) is 22.3 Å². The Balaban J connectivity index is 1.56. The molecule has 1 aliphatic heterocycles. The predicted octanol–water partition coefficient (Wildman–Crippen LogP) is 2.40. The molecule has 1 aromatic carbocycles. The second-order valence-electron chi connectivity index (χ2n) is 8.09. The summed E-state index contributed by atoms with van der Waals surface area (Å²) in [5, 5.41) is 3.51. The molecule has 12 heteroatoms. The van der Waals surface area contributed by atoms with Crippen LogP contribution >= 0.6 is 11.3 Å². The van der Waals surface area contributed by atoms with Crippen LogP contribution in [0.3, 0.4) is 0 Å². The fourth-order valence-corrected chi connectivity index (χ4v) is 6.15. The molecule has 0 aliphatic carbocycles. The van der Waals surface area contributed by atoms with Gasteiger partial charge in [0.05, 0.1) is 17.9 Å². The maximum absolute atomic E-state index is 14.0. The third kappa shape index (κ3) is 6.29. The van der Waals surface area contributed by atoms with Gasteiger partial charge in [-0.15, -0.1) is 6.42 Å². The van der Waals surface area contributed by atoms with E-state index in [0.717, 1.165) is 23.5 Å². The molecule has 1 aliphatic rings. The fraction of sp³-hybridized carbons (Fsp3) is 0.455. The maximum atomic E-state index is 14.0. The molecule has 0 spiro atoms. The highest BCUT2D eigenvalue weighted by Gasteiger charge is 2.29. The first kappa shape index (κ1) is 26.0. The SMILES string of the molecule is C#CCN(C)CCCS(=O)(=O)N1CCC(Nc2nc(N)c(C(=O)c3c(F)cccc3F)s2)CC1. The highest BCUT2D eigenvalue weighted by atomic mass is 32.2. The van der Waals surface area contributed by atoms with Crippen LogP contribution in [0.15, 0.2) is 18.2 Å². The number of nitrogens with two attached hydrogens (primary N) is 1. The molecule has 1 saturated heterocycles. The number of thiazole rings is 1. The summed E-state index contributed by atoms with van der Waals surface area (Å²) in [5.41, 5.74) is 5.17. The van der Waals surface area contributed by atoms with Crippen molar-refractivity contribution in [1.29, 1.82) is 0 Å². The van der Waals surface area contributed by atoms with Crippen molar-refractivity contribution in [2.24, 2.45) is 0 Å². The number of sulfonamides is 1. The number of nitrogens with one attached hydrogen (secondary N) is 1. The second kappa shape index (κ2) is 11.2. The van der Waals surface area contributed by atoms with Gasteiger partial charge in [0.25, 0.3) is 0 Å². The Kier molecular flexibility index (Phi) is 8.59. The lowest BCUT2D eigenvalue weighted by Crippen LogP contribution is -2.43. The van der Waals surface area contributed by atoms with Crippen LogP contribution in [0, 0.1) is 24.0 Å². The van der Waals surface area contributed by atoms with E-state index in [1.165, 1.54) is 10.4 Å². The van der Waals surface area contributed by atoms with Gasteiger partial charge in [-0.05, 0) is 45.0 Å². The average molecular weight is 512 g/mol. The lowest BCUT2D eigenvalue weighted by atomic mass is 10.1. The number of aromatic nitrogens is 1. The summed E-state index contributed by atoms with van der Waals surface area (Å²) in [6, 6.07) is 3.11. The number of carbonyl (C=O) groups is 1. The van der Waals surface area contributed by atoms with Crippen molar-refractivity contribution in [3.05, 3.63) is 40.3 Å². The van der Waals surface area contributed by atoms with E-state index in [-0.39, 0.29) is 22.5 Å². The second-order valence-corrected chi connectivity index (χ2v) is 11.2. The molecule has 34 heavy (non-hydrogen) atoms. The van der Waals surface area contributed by atoms with Gasteiger partial charge in [-0.2, -0.15) is 0 Å². The highest BCUT2D eigenvalue weighted by molar-refractivity contribution is 7.89. The third-order valence-electron chi connectivity index (χ3n) is 5.53. The highest BCUT2D eigenvalue weighted by Crippen LogP contribution is 2.30. The van der Waals surface area contributed by atoms with E-state index in [1.807, 2.05) is 11.9 Å². The van der Waals surface area contributed by atoms with Crippen LogP contribution in [-0.2, 0) is 10.0 Å². The van der Waals surface area contributed by atoms with E-state index in [1.54, 1.807) is 0 Å². The minimum atomic E-state index is -3.36. The zero-order valence-electron chi connectivity index (χ0n) is 18.8. The summed E-state index contributed by atoms with van der Waals surface area (Å²) < 4.78 is 54.7. The van der Waals surface area contributed by atoms with Crippen LogP contribution in [-0.4, -0.2) is 73.4 Å². The third-order valence-corrected chi connectivity index (χ3v) is 8.49. The molecule has 1 fully saturated rings. The van der Waals surface area contributed by atoms with Gasteiger partial charge < -0.3 is 11.1 Å². The van der Waals surface area contributed by atoms with Gasteiger partial charge in [0.15, 0.2) is 5.13 Å². The molecule has 2 aromatic rings. The smallest absolute Gasteiger partial charge is 0.214 e. The molecule has 3 N–H and O–H groups in total. The Morgan fingerprint density at radius 3 is 2.62 bits per heavy atom. The summed E-state index contributed by atoms with van der Waals surface area (Å²) in [6.07, 6.45) is 6.84. The normalized spacial score (nSPS) is 15.4. The molecule has 0 amide bonds. The van der Waals surface area contributed by atoms with E-state index in [4.69, 9.17) is 12.2 Å². The zero-order valence-corrected chi connectivity index (χ0v) is 20.4. The van der Waals surface area contributed by atoms with Crippen LogP contribution in [0.4, 0.5) is 19.7 Å². The molecule has 184 valence electrons. The quantitative estimate of drug-likeness (QED) is 0.372. The first-order valence-corrected chi connectivity index (χ1v) is 13.2. The molecule has 2 heterocycles. The molecular formula is C22H27F2N5O3S2. The van der Waals surface area contributed by atoms with Crippen molar-refractivity contribution in [3.8, 4) is 12.3 Å². The van der Waals surface area contributed by atoms with Gasteiger partial charge in [-0.25, -0.2) is 26.5 Å². The largest absolute Gasteiger partial charge is 0.382 e. The van der Waals surface area contributed by atoms with Crippen molar-refractivity contribution in [1.82, 2.24) is 14.2 Å². The topological polar surface area (TPSA) is 109 Å². The lowest BCUT2D eigenvalue weighted by molar-refractivity contribution is 0.103. The number of rotatable bonds is 10. The van der Waals surface area contributed by atoms with E-state index in [2.05, 4.69) is 16.2 Å². The van der Waals surface area contributed by atoms with Crippen molar-refractivity contribution < 1.29 is 22.0 Å². The first-order chi connectivity index (χ1) is 16.1. The number of piperidine rings is 1. The van der Waals surface area contributed by atoms with Crippen LogP contribution in [0.1, 0.15) is 34.5 Å². The van der Waals surface area contributed by atoms with Gasteiger partial charge in [0.2, 0.25) is 15.8 Å². The summed E-state index contributed by atoms with van der Waals surface area (Å²) >= 11 is 0.917.